The first-order chi connectivity index (χ1) is 7.54. The van der Waals surface area contributed by atoms with Gasteiger partial charge in [-0.05, 0) is 18.7 Å². The van der Waals surface area contributed by atoms with E-state index in [1.54, 1.807) is 0 Å². The molecule has 0 atom stereocenters. The standard InChI is InChI=1S/C10H13ClN2O3/c1-12(4-5-14)7-8-6-9(13(15)16)2-3-10(8)11/h2-3,6,14H,4-5,7H2,1H3. The number of halogens is 1. The van der Waals surface area contributed by atoms with Gasteiger partial charge in [0, 0.05) is 30.2 Å². The van der Waals surface area contributed by atoms with Crippen molar-refractivity contribution in [1.29, 1.82) is 0 Å². The van der Waals surface area contributed by atoms with Gasteiger partial charge in [0.15, 0.2) is 0 Å². The van der Waals surface area contributed by atoms with Crippen molar-refractivity contribution < 1.29 is 10.0 Å². The van der Waals surface area contributed by atoms with Crippen LogP contribution in [-0.4, -0.2) is 35.1 Å². The summed E-state index contributed by atoms with van der Waals surface area (Å²) >= 11 is 5.93. The Morgan fingerprint density at radius 2 is 2.25 bits per heavy atom. The SMILES string of the molecule is CN(CCO)Cc1cc([N+](=O)[O-])ccc1Cl. The molecular formula is C10H13ClN2O3. The van der Waals surface area contributed by atoms with Gasteiger partial charge in [-0.3, -0.25) is 15.0 Å². The summed E-state index contributed by atoms with van der Waals surface area (Å²) in [6.45, 7) is 1.02. The number of likely N-dealkylation sites (N-methyl/N-ethyl adjacent to an activating group) is 1. The van der Waals surface area contributed by atoms with E-state index in [-0.39, 0.29) is 12.3 Å². The lowest BCUT2D eigenvalue weighted by Crippen LogP contribution is -2.21. The molecule has 1 rings (SSSR count). The second-order valence-corrected chi connectivity index (χ2v) is 3.90. The zero-order chi connectivity index (χ0) is 12.1. The number of aliphatic hydroxyl groups excluding tert-OH is 1. The lowest BCUT2D eigenvalue weighted by atomic mass is 10.2. The number of aliphatic hydroxyl groups is 1. The van der Waals surface area contributed by atoms with Crippen LogP contribution in [0.25, 0.3) is 0 Å². The van der Waals surface area contributed by atoms with Crippen LogP contribution in [0.1, 0.15) is 5.56 Å². The Morgan fingerprint density at radius 3 is 2.81 bits per heavy atom. The van der Waals surface area contributed by atoms with Gasteiger partial charge in [-0.2, -0.15) is 0 Å². The average Bonchev–Trinajstić information content (AvgIpc) is 2.21. The predicted octanol–water partition coefficient (Wildman–Crippen LogP) is 1.67. The fourth-order valence-electron chi connectivity index (χ4n) is 1.34. The van der Waals surface area contributed by atoms with Crippen molar-refractivity contribution in [3.8, 4) is 0 Å². The summed E-state index contributed by atoms with van der Waals surface area (Å²) in [5, 5.41) is 19.8. The molecule has 0 fully saturated rings. The van der Waals surface area contributed by atoms with E-state index < -0.39 is 4.92 Å². The molecule has 6 heteroatoms. The summed E-state index contributed by atoms with van der Waals surface area (Å²) in [5.41, 5.74) is 0.712. The molecule has 1 aromatic rings. The Morgan fingerprint density at radius 1 is 1.56 bits per heavy atom. The van der Waals surface area contributed by atoms with Crippen LogP contribution in [0, 0.1) is 10.1 Å². The number of hydrogen-bond acceptors (Lipinski definition) is 4. The first-order valence-electron chi connectivity index (χ1n) is 4.77. The van der Waals surface area contributed by atoms with Crippen LogP contribution in [0.3, 0.4) is 0 Å². The van der Waals surface area contributed by atoms with Gasteiger partial charge in [0.1, 0.15) is 0 Å². The fraction of sp³-hybridized carbons (Fsp3) is 0.400. The van der Waals surface area contributed by atoms with E-state index in [0.717, 1.165) is 0 Å². The molecule has 5 nitrogen and oxygen atoms in total. The predicted molar refractivity (Wildman–Crippen MR) is 61.5 cm³/mol. The summed E-state index contributed by atoms with van der Waals surface area (Å²) in [7, 11) is 1.81. The molecule has 0 aliphatic heterocycles. The molecule has 0 heterocycles. The van der Waals surface area contributed by atoms with Crippen LogP contribution in [0.2, 0.25) is 5.02 Å². The lowest BCUT2D eigenvalue weighted by molar-refractivity contribution is -0.384. The van der Waals surface area contributed by atoms with E-state index in [2.05, 4.69) is 0 Å². The van der Waals surface area contributed by atoms with E-state index in [1.165, 1.54) is 18.2 Å². The minimum Gasteiger partial charge on any atom is -0.395 e. The van der Waals surface area contributed by atoms with Gasteiger partial charge in [0.25, 0.3) is 5.69 Å². The monoisotopic (exact) mass is 244 g/mol. The van der Waals surface area contributed by atoms with E-state index in [4.69, 9.17) is 16.7 Å². The van der Waals surface area contributed by atoms with Gasteiger partial charge in [-0.1, -0.05) is 11.6 Å². The number of benzene rings is 1. The maximum atomic E-state index is 10.6. The maximum absolute atomic E-state index is 10.6. The Labute approximate surface area is 98.4 Å². The molecule has 0 aliphatic carbocycles. The highest BCUT2D eigenvalue weighted by Crippen LogP contribution is 2.22. The van der Waals surface area contributed by atoms with E-state index >= 15 is 0 Å². The molecule has 0 radical (unpaired) electrons. The quantitative estimate of drug-likeness (QED) is 0.632. The van der Waals surface area contributed by atoms with Crippen molar-refractivity contribution in [2.24, 2.45) is 0 Å². The third kappa shape index (κ3) is 3.44. The van der Waals surface area contributed by atoms with Crippen LogP contribution in [0.15, 0.2) is 18.2 Å². The molecular weight excluding hydrogens is 232 g/mol. The largest absolute Gasteiger partial charge is 0.395 e. The molecule has 0 unspecified atom stereocenters. The smallest absolute Gasteiger partial charge is 0.269 e. The van der Waals surface area contributed by atoms with E-state index in [0.29, 0.717) is 23.7 Å². The molecule has 0 amide bonds. The zero-order valence-electron chi connectivity index (χ0n) is 8.89. The minimum atomic E-state index is -0.453. The third-order valence-corrected chi connectivity index (χ3v) is 2.53. The topological polar surface area (TPSA) is 66.6 Å². The average molecular weight is 245 g/mol. The van der Waals surface area contributed by atoms with Crippen LogP contribution < -0.4 is 0 Å². The van der Waals surface area contributed by atoms with Gasteiger partial charge in [-0.15, -0.1) is 0 Å². The van der Waals surface area contributed by atoms with Crippen molar-refractivity contribution >= 4 is 17.3 Å². The van der Waals surface area contributed by atoms with Gasteiger partial charge < -0.3 is 5.11 Å². The fourth-order valence-corrected chi connectivity index (χ4v) is 1.51. The van der Waals surface area contributed by atoms with Gasteiger partial charge in [0.2, 0.25) is 0 Å². The molecule has 1 aromatic carbocycles. The van der Waals surface area contributed by atoms with Crippen LogP contribution in [0.5, 0.6) is 0 Å². The Hall–Kier alpha value is -1.17. The maximum Gasteiger partial charge on any atom is 0.269 e. The molecule has 0 aliphatic rings. The molecule has 0 spiro atoms. The lowest BCUT2D eigenvalue weighted by Gasteiger charge is -2.15. The zero-order valence-corrected chi connectivity index (χ0v) is 9.65. The third-order valence-electron chi connectivity index (χ3n) is 2.16. The summed E-state index contributed by atoms with van der Waals surface area (Å²) in [6.07, 6.45) is 0. The van der Waals surface area contributed by atoms with Crippen LogP contribution in [0.4, 0.5) is 5.69 Å². The molecule has 88 valence electrons. The van der Waals surface area contributed by atoms with E-state index in [9.17, 15) is 10.1 Å². The Balaban J connectivity index is 2.85. The summed E-state index contributed by atoms with van der Waals surface area (Å²) < 4.78 is 0. The number of rotatable bonds is 5. The van der Waals surface area contributed by atoms with E-state index in [1.807, 2.05) is 11.9 Å². The van der Waals surface area contributed by atoms with Crippen LogP contribution >= 0.6 is 11.6 Å². The second kappa shape index (κ2) is 5.79. The van der Waals surface area contributed by atoms with Gasteiger partial charge in [0.05, 0.1) is 11.5 Å². The molecule has 0 bridgehead atoms. The molecule has 0 saturated heterocycles. The van der Waals surface area contributed by atoms with Gasteiger partial charge in [-0.25, -0.2) is 0 Å². The molecule has 1 N–H and O–H groups in total. The summed E-state index contributed by atoms with van der Waals surface area (Å²) in [5.74, 6) is 0. The first-order valence-corrected chi connectivity index (χ1v) is 5.14. The normalized spacial score (nSPS) is 10.8. The van der Waals surface area contributed by atoms with Crippen molar-refractivity contribution in [3.63, 3.8) is 0 Å². The molecule has 0 aromatic heterocycles. The summed E-state index contributed by atoms with van der Waals surface area (Å²) in [4.78, 5) is 12.0. The highest BCUT2D eigenvalue weighted by Gasteiger charge is 2.10. The highest BCUT2D eigenvalue weighted by molar-refractivity contribution is 6.31. The number of hydrogen-bond donors (Lipinski definition) is 1. The van der Waals surface area contributed by atoms with Crippen molar-refractivity contribution in [2.45, 2.75) is 6.54 Å². The number of non-ortho nitro benzene ring substituents is 1. The van der Waals surface area contributed by atoms with Crippen molar-refractivity contribution in [2.75, 3.05) is 20.2 Å². The minimum absolute atomic E-state index is 0.0248. The number of nitro groups is 1. The van der Waals surface area contributed by atoms with Crippen molar-refractivity contribution in [1.82, 2.24) is 4.90 Å². The second-order valence-electron chi connectivity index (χ2n) is 3.49. The van der Waals surface area contributed by atoms with Crippen molar-refractivity contribution in [3.05, 3.63) is 38.9 Å². The van der Waals surface area contributed by atoms with Crippen LogP contribution in [-0.2, 0) is 6.54 Å². The highest BCUT2D eigenvalue weighted by atomic mass is 35.5. The molecule has 0 saturated carbocycles. The Kier molecular flexibility index (Phi) is 4.67. The Bertz CT molecular complexity index is 384. The first kappa shape index (κ1) is 12.9. The summed E-state index contributed by atoms with van der Waals surface area (Å²) in [6, 6.07) is 4.34. The van der Waals surface area contributed by atoms with Gasteiger partial charge >= 0.3 is 0 Å². The molecule has 16 heavy (non-hydrogen) atoms. The number of nitro benzene ring substituents is 1. The number of nitrogens with zero attached hydrogens (tertiary/aromatic N) is 2.